The largest absolute Gasteiger partial charge is 0.367 e. The van der Waals surface area contributed by atoms with E-state index in [2.05, 4.69) is 53.7 Å². The fourth-order valence-electron chi connectivity index (χ4n) is 3.90. The molecular formula is C25H33N3O. The van der Waals surface area contributed by atoms with Crippen LogP contribution in [0.5, 0.6) is 0 Å². The molecule has 0 atom stereocenters. The first-order chi connectivity index (χ1) is 13.8. The van der Waals surface area contributed by atoms with Gasteiger partial charge in [0.05, 0.1) is 0 Å². The highest BCUT2D eigenvalue weighted by molar-refractivity contribution is 5.97. The summed E-state index contributed by atoms with van der Waals surface area (Å²) >= 11 is 0. The maximum Gasteiger partial charge on any atom is 0.247 e. The number of nitrogens with one attached hydrogen (secondary N) is 2. The van der Waals surface area contributed by atoms with Crippen molar-refractivity contribution in [2.45, 2.75) is 72.4 Å². The van der Waals surface area contributed by atoms with E-state index >= 15 is 0 Å². The summed E-state index contributed by atoms with van der Waals surface area (Å²) in [7, 11) is 0. The molecule has 1 saturated carbocycles. The van der Waals surface area contributed by atoms with Crippen molar-refractivity contribution in [1.29, 1.82) is 0 Å². The molecule has 0 unspecified atom stereocenters. The highest BCUT2D eigenvalue weighted by atomic mass is 16.1. The summed E-state index contributed by atoms with van der Waals surface area (Å²) in [5, 5.41) is 6.49. The van der Waals surface area contributed by atoms with Gasteiger partial charge in [-0.05, 0) is 87.9 Å². The number of pyridine rings is 1. The Balaban J connectivity index is 1.79. The zero-order valence-corrected chi connectivity index (χ0v) is 18.3. The maximum atomic E-state index is 12.2. The van der Waals surface area contributed by atoms with E-state index in [4.69, 9.17) is 0 Å². The van der Waals surface area contributed by atoms with Crippen LogP contribution in [-0.4, -0.2) is 23.0 Å². The van der Waals surface area contributed by atoms with Gasteiger partial charge < -0.3 is 10.6 Å². The number of aryl methyl sites for hydroxylation is 2. The number of aromatic nitrogens is 1. The number of benzene rings is 1. The smallest absolute Gasteiger partial charge is 0.247 e. The third kappa shape index (κ3) is 5.47. The predicted molar refractivity (Wildman–Crippen MR) is 122 cm³/mol. The Hall–Kier alpha value is -2.62. The lowest BCUT2D eigenvalue weighted by atomic mass is 9.95. The Morgan fingerprint density at radius 3 is 2.48 bits per heavy atom. The number of nitrogens with zero attached hydrogens (tertiary/aromatic N) is 1. The third-order valence-corrected chi connectivity index (χ3v) is 5.54. The molecule has 4 nitrogen and oxygen atoms in total. The zero-order valence-electron chi connectivity index (χ0n) is 18.3. The molecule has 2 N–H and O–H groups in total. The van der Waals surface area contributed by atoms with Crippen molar-refractivity contribution in [2.75, 3.05) is 5.32 Å². The Morgan fingerprint density at radius 1 is 1.14 bits per heavy atom. The normalized spacial score (nSPS) is 15.0. The third-order valence-electron chi connectivity index (χ3n) is 5.54. The molecular weight excluding hydrogens is 358 g/mol. The van der Waals surface area contributed by atoms with Gasteiger partial charge in [-0.1, -0.05) is 25.0 Å². The second kappa shape index (κ2) is 9.25. The molecule has 1 aromatic carbocycles. The SMILES string of the molecule is C/C(=C\c1cc(C)c(-c2ccc(NC3CCCC3)nc2)cc1C)C(=O)NC(C)C. The summed E-state index contributed by atoms with van der Waals surface area (Å²) in [6.07, 6.45) is 9.03. The molecule has 1 aliphatic carbocycles. The van der Waals surface area contributed by atoms with Crippen molar-refractivity contribution >= 4 is 17.8 Å². The van der Waals surface area contributed by atoms with Gasteiger partial charge in [0, 0.05) is 29.4 Å². The number of carbonyl (C=O) groups is 1. The van der Waals surface area contributed by atoms with Crippen molar-refractivity contribution in [3.8, 4) is 11.1 Å². The van der Waals surface area contributed by atoms with Gasteiger partial charge in [-0.15, -0.1) is 0 Å². The van der Waals surface area contributed by atoms with Gasteiger partial charge in [-0.3, -0.25) is 4.79 Å². The molecule has 0 bridgehead atoms. The van der Waals surface area contributed by atoms with Crippen molar-refractivity contribution in [3.05, 3.63) is 52.7 Å². The molecule has 0 saturated heterocycles. The summed E-state index contributed by atoms with van der Waals surface area (Å²) in [6.45, 7) is 10.0. The van der Waals surface area contributed by atoms with E-state index in [1.165, 1.54) is 36.8 Å². The van der Waals surface area contributed by atoms with Gasteiger partial charge in [-0.2, -0.15) is 0 Å². The van der Waals surface area contributed by atoms with Crippen molar-refractivity contribution in [1.82, 2.24) is 10.3 Å². The van der Waals surface area contributed by atoms with Crippen LogP contribution in [0.1, 0.15) is 63.1 Å². The molecule has 1 heterocycles. The van der Waals surface area contributed by atoms with Crippen LogP contribution in [0, 0.1) is 13.8 Å². The molecule has 4 heteroatoms. The molecule has 0 spiro atoms. The molecule has 2 aromatic rings. The standard InChI is InChI=1S/C25H33N3O/c1-16(2)27-25(29)19(5)13-21-12-18(4)23(14-17(21)3)20-10-11-24(26-15-20)28-22-8-6-7-9-22/h10-16,22H,6-9H2,1-5H3,(H,26,28)(H,27,29)/b19-13+. The monoisotopic (exact) mass is 391 g/mol. The number of hydrogen-bond donors (Lipinski definition) is 2. The lowest BCUT2D eigenvalue weighted by Crippen LogP contribution is -2.30. The summed E-state index contributed by atoms with van der Waals surface area (Å²) in [5.41, 5.74) is 6.43. The minimum Gasteiger partial charge on any atom is -0.367 e. The van der Waals surface area contributed by atoms with Crippen LogP contribution in [0.4, 0.5) is 5.82 Å². The average Bonchev–Trinajstić information content (AvgIpc) is 3.17. The molecule has 1 aromatic heterocycles. The number of rotatable bonds is 6. The molecule has 0 aliphatic heterocycles. The number of amides is 1. The van der Waals surface area contributed by atoms with Crippen molar-refractivity contribution in [2.24, 2.45) is 0 Å². The topological polar surface area (TPSA) is 54.0 Å². The van der Waals surface area contributed by atoms with E-state index < -0.39 is 0 Å². The van der Waals surface area contributed by atoms with Gasteiger partial charge in [0.1, 0.15) is 5.82 Å². The van der Waals surface area contributed by atoms with Gasteiger partial charge >= 0.3 is 0 Å². The first-order valence-electron chi connectivity index (χ1n) is 10.7. The van der Waals surface area contributed by atoms with Gasteiger partial charge in [0.2, 0.25) is 5.91 Å². The molecule has 3 rings (SSSR count). The lowest BCUT2D eigenvalue weighted by Gasteiger charge is -2.14. The van der Waals surface area contributed by atoms with Crippen LogP contribution in [0.15, 0.2) is 36.0 Å². The van der Waals surface area contributed by atoms with E-state index in [1.807, 2.05) is 33.0 Å². The predicted octanol–water partition coefficient (Wildman–Crippen LogP) is 5.65. The average molecular weight is 392 g/mol. The minimum absolute atomic E-state index is 0.0179. The molecule has 1 fully saturated rings. The van der Waals surface area contributed by atoms with E-state index in [0.717, 1.165) is 28.1 Å². The molecule has 0 radical (unpaired) electrons. The molecule has 1 aliphatic rings. The second-order valence-corrected chi connectivity index (χ2v) is 8.54. The van der Waals surface area contributed by atoms with Crippen molar-refractivity contribution < 1.29 is 4.79 Å². The van der Waals surface area contributed by atoms with E-state index in [9.17, 15) is 4.79 Å². The lowest BCUT2D eigenvalue weighted by molar-refractivity contribution is -0.117. The van der Waals surface area contributed by atoms with E-state index in [0.29, 0.717) is 6.04 Å². The molecule has 154 valence electrons. The minimum atomic E-state index is -0.0179. The maximum absolute atomic E-state index is 12.2. The number of carbonyl (C=O) groups excluding carboxylic acids is 1. The van der Waals surface area contributed by atoms with Gasteiger partial charge in [-0.25, -0.2) is 4.98 Å². The van der Waals surface area contributed by atoms with Crippen LogP contribution >= 0.6 is 0 Å². The van der Waals surface area contributed by atoms with Crippen molar-refractivity contribution in [3.63, 3.8) is 0 Å². The summed E-state index contributed by atoms with van der Waals surface area (Å²) in [5.74, 6) is 0.942. The summed E-state index contributed by atoms with van der Waals surface area (Å²) in [4.78, 5) is 16.8. The highest BCUT2D eigenvalue weighted by Gasteiger charge is 2.15. The number of hydrogen-bond acceptors (Lipinski definition) is 3. The Kier molecular flexibility index (Phi) is 6.73. The quantitative estimate of drug-likeness (QED) is 0.626. The zero-order chi connectivity index (χ0) is 21.0. The van der Waals surface area contributed by atoms with Crippen LogP contribution < -0.4 is 10.6 Å². The van der Waals surface area contributed by atoms with E-state index in [-0.39, 0.29) is 11.9 Å². The van der Waals surface area contributed by atoms with E-state index in [1.54, 1.807) is 0 Å². The number of anilines is 1. The first kappa shape index (κ1) is 21.1. The second-order valence-electron chi connectivity index (χ2n) is 8.54. The Labute approximate surface area is 174 Å². The molecule has 1 amide bonds. The first-order valence-corrected chi connectivity index (χ1v) is 10.7. The molecule has 29 heavy (non-hydrogen) atoms. The van der Waals surface area contributed by atoms with Gasteiger partial charge in [0.15, 0.2) is 0 Å². The summed E-state index contributed by atoms with van der Waals surface area (Å²) in [6, 6.07) is 9.27. The summed E-state index contributed by atoms with van der Waals surface area (Å²) < 4.78 is 0. The Morgan fingerprint density at radius 2 is 1.86 bits per heavy atom. The Bertz CT molecular complexity index is 891. The van der Waals surface area contributed by atoms with Crippen LogP contribution in [-0.2, 0) is 4.79 Å². The highest BCUT2D eigenvalue weighted by Crippen LogP contribution is 2.28. The van der Waals surface area contributed by atoms with Crippen LogP contribution in [0.2, 0.25) is 0 Å². The van der Waals surface area contributed by atoms with Gasteiger partial charge in [0.25, 0.3) is 0 Å². The fraction of sp³-hybridized carbons (Fsp3) is 0.440. The van der Waals surface area contributed by atoms with Crippen LogP contribution in [0.3, 0.4) is 0 Å². The van der Waals surface area contributed by atoms with Crippen LogP contribution in [0.25, 0.3) is 17.2 Å². The fourth-order valence-corrected chi connectivity index (χ4v) is 3.90.